The van der Waals surface area contributed by atoms with Crippen LogP contribution < -0.4 is 5.32 Å². The minimum Gasteiger partial charge on any atom is -0.313 e. The van der Waals surface area contributed by atoms with Gasteiger partial charge in [-0.2, -0.15) is 5.10 Å². The van der Waals surface area contributed by atoms with Gasteiger partial charge in [0, 0.05) is 38.4 Å². The highest BCUT2D eigenvalue weighted by atomic mass is 15.3. The van der Waals surface area contributed by atoms with Gasteiger partial charge in [-0.25, -0.2) is 0 Å². The van der Waals surface area contributed by atoms with Gasteiger partial charge in [-0.05, 0) is 13.0 Å². The summed E-state index contributed by atoms with van der Waals surface area (Å²) in [7, 11) is 1.97. The summed E-state index contributed by atoms with van der Waals surface area (Å²) in [4.78, 5) is 0. The maximum absolute atomic E-state index is 4.11. The maximum atomic E-state index is 4.11. The van der Waals surface area contributed by atoms with E-state index in [4.69, 9.17) is 0 Å². The van der Waals surface area contributed by atoms with Gasteiger partial charge in [0.05, 0.1) is 0 Å². The van der Waals surface area contributed by atoms with E-state index >= 15 is 0 Å². The summed E-state index contributed by atoms with van der Waals surface area (Å²) in [5.41, 5.74) is 1.27. The Labute approximate surface area is 79.5 Å². The molecule has 0 radical (unpaired) electrons. The summed E-state index contributed by atoms with van der Waals surface area (Å²) < 4.78 is 1.91. The number of nitrogens with one attached hydrogen (secondary N) is 1. The summed E-state index contributed by atoms with van der Waals surface area (Å²) in [6.45, 7) is 3.99. The third kappa shape index (κ3) is 3.42. The van der Waals surface area contributed by atoms with Gasteiger partial charge in [-0.3, -0.25) is 4.68 Å². The molecule has 1 aromatic heterocycles. The van der Waals surface area contributed by atoms with Crippen LogP contribution in [0.5, 0.6) is 0 Å². The van der Waals surface area contributed by atoms with Crippen molar-refractivity contribution in [2.45, 2.75) is 13.3 Å². The van der Waals surface area contributed by atoms with Crippen LogP contribution in [0.2, 0.25) is 0 Å². The van der Waals surface area contributed by atoms with Gasteiger partial charge in [0.15, 0.2) is 0 Å². The molecule has 0 atom stereocenters. The molecule has 3 nitrogen and oxygen atoms in total. The lowest BCUT2D eigenvalue weighted by atomic mass is 10.3. The molecule has 0 aliphatic rings. The zero-order chi connectivity index (χ0) is 9.52. The lowest BCUT2D eigenvalue weighted by Gasteiger charge is -2.02. The number of aryl methyl sites for hydroxylation is 1. The predicted octanol–water partition coefficient (Wildman–Crippen LogP) is 1.13. The highest BCUT2D eigenvalue weighted by Gasteiger charge is 1.95. The Hall–Kier alpha value is -1.09. The average Bonchev–Trinajstić information content (AvgIpc) is 2.52. The lowest BCUT2D eigenvalue weighted by molar-refractivity contribution is 0.668. The summed E-state index contributed by atoms with van der Waals surface area (Å²) in [5, 5.41) is 7.43. The van der Waals surface area contributed by atoms with Gasteiger partial charge in [-0.1, -0.05) is 12.2 Å². The van der Waals surface area contributed by atoms with E-state index in [1.54, 1.807) is 0 Å². The van der Waals surface area contributed by atoms with Crippen molar-refractivity contribution in [3.63, 3.8) is 0 Å². The van der Waals surface area contributed by atoms with Gasteiger partial charge in [0.25, 0.3) is 0 Å². The van der Waals surface area contributed by atoms with Gasteiger partial charge >= 0.3 is 0 Å². The Balaban J connectivity index is 2.16. The number of nitrogens with zero attached hydrogens (tertiary/aromatic N) is 2. The van der Waals surface area contributed by atoms with Crippen molar-refractivity contribution in [1.82, 2.24) is 15.1 Å². The molecule has 1 rings (SSSR count). The number of aromatic nitrogens is 2. The first-order chi connectivity index (χ1) is 6.34. The highest BCUT2D eigenvalue weighted by molar-refractivity contribution is 5.00. The monoisotopic (exact) mass is 179 g/mol. The Bertz CT molecular complexity index is 263. The van der Waals surface area contributed by atoms with Gasteiger partial charge in [0.1, 0.15) is 0 Å². The molecule has 1 aromatic rings. The molecule has 0 spiro atoms. The molecule has 0 aliphatic heterocycles. The number of rotatable bonds is 5. The molecule has 0 aliphatic carbocycles. The van der Waals surface area contributed by atoms with E-state index in [0.29, 0.717) is 0 Å². The normalized spacial score (nSPS) is 11.2. The molecule has 0 amide bonds. The van der Waals surface area contributed by atoms with Crippen molar-refractivity contribution in [2.24, 2.45) is 7.05 Å². The SMILES string of the molecule is C/C=C/CNCCc1ccnn1C. The fourth-order valence-electron chi connectivity index (χ4n) is 1.17. The maximum Gasteiger partial charge on any atom is 0.0492 e. The molecule has 1 N–H and O–H groups in total. The quantitative estimate of drug-likeness (QED) is 0.542. The van der Waals surface area contributed by atoms with Gasteiger partial charge < -0.3 is 5.32 Å². The molecule has 0 bridgehead atoms. The summed E-state index contributed by atoms with van der Waals surface area (Å²) in [5.74, 6) is 0. The lowest BCUT2D eigenvalue weighted by Crippen LogP contribution is -2.18. The third-order valence-corrected chi connectivity index (χ3v) is 1.98. The summed E-state index contributed by atoms with van der Waals surface area (Å²) in [6.07, 6.45) is 7.04. The van der Waals surface area contributed by atoms with E-state index in [2.05, 4.69) is 28.6 Å². The molecule has 0 aromatic carbocycles. The van der Waals surface area contributed by atoms with Crippen molar-refractivity contribution >= 4 is 0 Å². The number of hydrogen-bond donors (Lipinski definition) is 1. The standard InChI is InChI=1S/C10H17N3/c1-3-4-7-11-8-5-10-6-9-12-13(10)2/h3-4,6,9,11H,5,7-8H2,1-2H3/b4-3+. The van der Waals surface area contributed by atoms with E-state index in [0.717, 1.165) is 19.5 Å². The van der Waals surface area contributed by atoms with Crippen LogP contribution >= 0.6 is 0 Å². The second-order valence-corrected chi connectivity index (χ2v) is 2.97. The Morgan fingerprint density at radius 2 is 2.46 bits per heavy atom. The number of hydrogen-bond acceptors (Lipinski definition) is 2. The first-order valence-corrected chi connectivity index (χ1v) is 4.63. The van der Waals surface area contributed by atoms with Crippen LogP contribution in [0, 0.1) is 0 Å². The molecule has 1 heterocycles. The van der Waals surface area contributed by atoms with Gasteiger partial charge in [-0.15, -0.1) is 0 Å². The zero-order valence-corrected chi connectivity index (χ0v) is 8.33. The number of allylic oxidation sites excluding steroid dienone is 1. The first kappa shape index (κ1) is 9.99. The predicted molar refractivity (Wildman–Crippen MR) is 54.6 cm³/mol. The Kier molecular flexibility index (Phi) is 4.26. The smallest absolute Gasteiger partial charge is 0.0492 e. The zero-order valence-electron chi connectivity index (χ0n) is 8.33. The minimum atomic E-state index is 0.953. The van der Waals surface area contributed by atoms with Crippen molar-refractivity contribution in [3.8, 4) is 0 Å². The van der Waals surface area contributed by atoms with Crippen LogP contribution in [0.15, 0.2) is 24.4 Å². The van der Waals surface area contributed by atoms with Crippen LogP contribution in [0.25, 0.3) is 0 Å². The third-order valence-electron chi connectivity index (χ3n) is 1.98. The Morgan fingerprint density at radius 3 is 3.08 bits per heavy atom. The molecular weight excluding hydrogens is 162 g/mol. The van der Waals surface area contributed by atoms with E-state index in [-0.39, 0.29) is 0 Å². The largest absolute Gasteiger partial charge is 0.313 e. The molecule has 13 heavy (non-hydrogen) atoms. The average molecular weight is 179 g/mol. The molecule has 72 valence electrons. The van der Waals surface area contributed by atoms with E-state index < -0.39 is 0 Å². The van der Waals surface area contributed by atoms with E-state index in [1.807, 2.05) is 24.9 Å². The van der Waals surface area contributed by atoms with Crippen LogP contribution in [-0.2, 0) is 13.5 Å². The first-order valence-electron chi connectivity index (χ1n) is 4.63. The van der Waals surface area contributed by atoms with E-state index in [9.17, 15) is 0 Å². The second-order valence-electron chi connectivity index (χ2n) is 2.97. The highest BCUT2D eigenvalue weighted by Crippen LogP contribution is 1.95. The molecule has 0 unspecified atom stereocenters. The van der Waals surface area contributed by atoms with Crippen LogP contribution in [0.4, 0.5) is 0 Å². The van der Waals surface area contributed by atoms with E-state index in [1.165, 1.54) is 5.69 Å². The van der Waals surface area contributed by atoms with Gasteiger partial charge in [0.2, 0.25) is 0 Å². The second kappa shape index (κ2) is 5.54. The summed E-state index contributed by atoms with van der Waals surface area (Å²) >= 11 is 0. The molecule has 3 heteroatoms. The van der Waals surface area contributed by atoms with Crippen LogP contribution in [-0.4, -0.2) is 22.9 Å². The van der Waals surface area contributed by atoms with Crippen molar-refractivity contribution in [3.05, 3.63) is 30.1 Å². The van der Waals surface area contributed by atoms with Crippen LogP contribution in [0.1, 0.15) is 12.6 Å². The molecular formula is C10H17N3. The molecule has 0 fully saturated rings. The Morgan fingerprint density at radius 1 is 1.62 bits per heavy atom. The van der Waals surface area contributed by atoms with Crippen LogP contribution in [0.3, 0.4) is 0 Å². The topological polar surface area (TPSA) is 29.9 Å². The molecule has 0 saturated carbocycles. The minimum absolute atomic E-state index is 0.953. The fraction of sp³-hybridized carbons (Fsp3) is 0.500. The molecule has 0 saturated heterocycles. The van der Waals surface area contributed by atoms with Crippen molar-refractivity contribution < 1.29 is 0 Å². The fourth-order valence-corrected chi connectivity index (χ4v) is 1.17. The summed E-state index contributed by atoms with van der Waals surface area (Å²) in [6, 6.07) is 2.05. The van der Waals surface area contributed by atoms with Crippen molar-refractivity contribution in [2.75, 3.05) is 13.1 Å². The van der Waals surface area contributed by atoms with Crippen molar-refractivity contribution in [1.29, 1.82) is 0 Å².